The summed E-state index contributed by atoms with van der Waals surface area (Å²) in [5.74, 6) is 6.59. The van der Waals surface area contributed by atoms with Crippen LogP contribution in [0.3, 0.4) is 0 Å². The third-order valence-corrected chi connectivity index (χ3v) is 6.42. The monoisotopic (exact) mass is 391 g/mol. The van der Waals surface area contributed by atoms with Gasteiger partial charge in [0.2, 0.25) is 0 Å². The number of benzene rings is 2. The maximum atomic E-state index is 5.94. The van der Waals surface area contributed by atoms with Crippen molar-refractivity contribution in [3.8, 4) is 22.3 Å². The van der Waals surface area contributed by atoms with E-state index in [1.54, 1.807) is 11.3 Å². The summed E-state index contributed by atoms with van der Waals surface area (Å²) in [7, 11) is 1.98. The zero-order valence-electron chi connectivity index (χ0n) is 16.3. The van der Waals surface area contributed by atoms with Gasteiger partial charge in [-0.2, -0.15) is 0 Å². The molecule has 0 saturated carbocycles. The molecule has 0 amide bonds. The van der Waals surface area contributed by atoms with Crippen molar-refractivity contribution in [1.29, 1.82) is 0 Å². The second-order valence-electron chi connectivity index (χ2n) is 7.02. The molecule has 144 valence electrons. The summed E-state index contributed by atoms with van der Waals surface area (Å²) in [6.07, 6.45) is 1.95. The summed E-state index contributed by atoms with van der Waals surface area (Å²) in [4.78, 5) is 1.22. The highest BCUT2D eigenvalue weighted by Crippen LogP contribution is 2.37. The summed E-state index contributed by atoms with van der Waals surface area (Å²) in [5, 5.41) is 4.50. The predicted octanol–water partition coefficient (Wildman–Crippen LogP) is 5.05. The molecule has 2 aromatic carbocycles. The van der Waals surface area contributed by atoms with E-state index < -0.39 is 0 Å². The average molecular weight is 392 g/mol. The van der Waals surface area contributed by atoms with Gasteiger partial charge in [0.05, 0.1) is 16.5 Å². The van der Waals surface area contributed by atoms with Crippen molar-refractivity contribution in [2.24, 2.45) is 0 Å². The fourth-order valence-electron chi connectivity index (χ4n) is 3.68. The minimum Gasteiger partial charge on any atom is -0.348 e. The summed E-state index contributed by atoms with van der Waals surface area (Å²) in [5.41, 5.74) is 2.29. The van der Waals surface area contributed by atoms with E-state index in [1.165, 1.54) is 20.5 Å². The average Bonchev–Trinajstić information content (AvgIpc) is 3.11. The van der Waals surface area contributed by atoms with Crippen LogP contribution in [-0.4, -0.2) is 32.1 Å². The third-order valence-electron chi connectivity index (χ3n) is 5.20. The van der Waals surface area contributed by atoms with Crippen LogP contribution < -0.4 is 5.32 Å². The van der Waals surface area contributed by atoms with Crippen molar-refractivity contribution in [3.63, 3.8) is 0 Å². The van der Waals surface area contributed by atoms with Crippen molar-refractivity contribution >= 4 is 21.4 Å². The molecule has 1 N–H and O–H groups in total. The molecule has 0 unspecified atom stereocenters. The molecule has 1 aliphatic heterocycles. The van der Waals surface area contributed by atoms with Gasteiger partial charge in [0, 0.05) is 22.5 Å². The Hall–Kier alpha value is -2.16. The van der Waals surface area contributed by atoms with Crippen LogP contribution in [0.2, 0.25) is 0 Å². The first-order chi connectivity index (χ1) is 13.8. The Kier molecular flexibility index (Phi) is 6.09. The van der Waals surface area contributed by atoms with Gasteiger partial charge in [0.25, 0.3) is 0 Å². The smallest absolute Gasteiger partial charge is 0.159 e. The van der Waals surface area contributed by atoms with E-state index in [0.29, 0.717) is 12.6 Å². The van der Waals surface area contributed by atoms with Gasteiger partial charge in [-0.15, -0.1) is 11.3 Å². The van der Waals surface area contributed by atoms with Gasteiger partial charge >= 0.3 is 0 Å². The van der Waals surface area contributed by atoms with E-state index in [4.69, 9.17) is 9.47 Å². The minimum atomic E-state index is -0.165. The molecule has 0 spiro atoms. The minimum absolute atomic E-state index is 0.155. The largest absolute Gasteiger partial charge is 0.348 e. The lowest BCUT2D eigenvalue weighted by Crippen LogP contribution is -2.44. The van der Waals surface area contributed by atoms with Gasteiger partial charge in [-0.25, -0.2) is 0 Å². The summed E-state index contributed by atoms with van der Waals surface area (Å²) in [6, 6.07) is 19.3. The van der Waals surface area contributed by atoms with E-state index in [-0.39, 0.29) is 12.4 Å². The first-order valence-electron chi connectivity index (χ1n) is 9.76. The highest BCUT2D eigenvalue weighted by molar-refractivity contribution is 7.22. The van der Waals surface area contributed by atoms with Crippen LogP contribution in [0.4, 0.5) is 0 Å². The second-order valence-corrected chi connectivity index (χ2v) is 8.08. The van der Waals surface area contributed by atoms with Crippen LogP contribution in [0.25, 0.3) is 20.5 Å². The lowest BCUT2D eigenvalue weighted by atomic mass is 10.0. The van der Waals surface area contributed by atoms with Crippen LogP contribution in [0.1, 0.15) is 25.3 Å². The topological polar surface area (TPSA) is 30.5 Å². The number of likely N-dealkylation sites (N-methyl/N-ethyl adjacent to an activating group) is 1. The van der Waals surface area contributed by atoms with Gasteiger partial charge in [0.1, 0.15) is 6.61 Å². The Morgan fingerprint density at radius 1 is 1.11 bits per heavy atom. The molecule has 4 rings (SSSR count). The lowest BCUT2D eigenvalue weighted by Gasteiger charge is -2.33. The summed E-state index contributed by atoms with van der Waals surface area (Å²) >= 11 is 1.79. The van der Waals surface area contributed by atoms with Gasteiger partial charge in [-0.05, 0) is 32.0 Å². The highest BCUT2D eigenvalue weighted by Gasteiger charge is 2.27. The summed E-state index contributed by atoms with van der Waals surface area (Å²) in [6.45, 7) is 2.46. The zero-order chi connectivity index (χ0) is 19.3. The van der Waals surface area contributed by atoms with Crippen LogP contribution in [-0.2, 0) is 9.47 Å². The van der Waals surface area contributed by atoms with Crippen LogP contribution in [0.15, 0.2) is 54.6 Å². The molecular weight excluding hydrogens is 366 g/mol. The Balaban J connectivity index is 1.51. The van der Waals surface area contributed by atoms with Gasteiger partial charge < -0.3 is 14.8 Å². The number of fused-ring (bicyclic) bond motifs is 1. The number of thiophene rings is 1. The van der Waals surface area contributed by atoms with E-state index >= 15 is 0 Å². The number of hydrogen-bond acceptors (Lipinski definition) is 4. The molecule has 0 aliphatic carbocycles. The predicted molar refractivity (Wildman–Crippen MR) is 117 cm³/mol. The molecule has 4 heteroatoms. The van der Waals surface area contributed by atoms with Crippen LogP contribution >= 0.6 is 11.3 Å². The molecule has 3 atom stereocenters. The molecule has 3 aromatic rings. The van der Waals surface area contributed by atoms with Crippen LogP contribution in [0.5, 0.6) is 0 Å². The third kappa shape index (κ3) is 4.14. The van der Waals surface area contributed by atoms with Gasteiger partial charge in [0.15, 0.2) is 6.29 Å². The fourth-order valence-corrected chi connectivity index (χ4v) is 4.84. The number of hydrogen-bond donors (Lipinski definition) is 1. The molecule has 1 fully saturated rings. The number of rotatable bonds is 4. The molecule has 3 nitrogen and oxygen atoms in total. The van der Waals surface area contributed by atoms with E-state index in [2.05, 4.69) is 72.6 Å². The zero-order valence-corrected chi connectivity index (χ0v) is 17.1. The first-order valence-corrected chi connectivity index (χ1v) is 10.6. The molecule has 1 aliphatic rings. The van der Waals surface area contributed by atoms with Crippen LogP contribution in [0, 0.1) is 11.8 Å². The first kappa shape index (κ1) is 19.2. The molecule has 0 bridgehead atoms. The standard InChI is InChI=1S/C24H25NO2S/c1-17-21(25-2)14-15-23(27-17)26-16-8-12-20-19-11-6-7-13-22(19)28-24(20)18-9-4-3-5-10-18/h3-7,9-11,13,17,21,23,25H,14-16H2,1-2H3/t17-,21-,23+/m0/s1. The maximum absolute atomic E-state index is 5.94. The Bertz CT molecular complexity index is 986. The van der Waals surface area contributed by atoms with Crippen molar-refractivity contribution < 1.29 is 9.47 Å². The normalized spacial score (nSPS) is 22.0. The molecule has 1 saturated heterocycles. The number of ether oxygens (including phenoxy) is 2. The van der Waals surface area contributed by atoms with Crippen molar-refractivity contribution in [2.75, 3.05) is 13.7 Å². The second kappa shape index (κ2) is 8.89. The molecule has 1 aromatic heterocycles. The van der Waals surface area contributed by atoms with E-state index in [9.17, 15) is 0 Å². The number of nitrogens with one attached hydrogen (secondary N) is 1. The lowest BCUT2D eigenvalue weighted by molar-refractivity contribution is -0.190. The van der Waals surface area contributed by atoms with Crippen molar-refractivity contribution in [1.82, 2.24) is 5.32 Å². The molecular formula is C24H25NO2S. The van der Waals surface area contributed by atoms with Crippen molar-refractivity contribution in [2.45, 2.75) is 38.2 Å². The highest BCUT2D eigenvalue weighted by atomic mass is 32.1. The molecule has 0 radical (unpaired) electrons. The van der Waals surface area contributed by atoms with Gasteiger partial charge in [-0.3, -0.25) is 0 Å². The molecule has 28 heavy (non-hydrogen) atoms. The van der Waals surface area contributed by atoms with E-state index in [0.717, 1.165) is 18.4 Å². The maximum Gasteiger partial charge on any atom is 0.159 e. The Morgan fingerprint density at radius 2 is 1.89 bits per heavy atom. The Labute approximate surface area is 170 Å². The fraction of sp³-hybridized carbons (Fsp3) is 0.333. The van der Waals surface area contributed by atoms with Gasteiger partial charge in [-0.1, -0.05) is 60.4 Å². The van der Waals surface area contributed by atoms with Crippen molar-refractivity contribution in [3.05, 3.63) is 60.2 Å². The van der Waals surface area contributed by atoms with E-state index in [1.807, 2.05) is 13.1 Å². The SMILES string of the molecule is CN[C@H]1CC[C@H](OCC#Cc2c(-c3ccccc3)sc3ccccc23)O[C@H]1C. The quantitative estimate of drug-likeness (QED) is 0.632. The molecule has 2 heterocycles. The Morgan fingerprint density at radius 3 is 2.68 bits per heavy atom. The summed E-state index contributed by atoms with van der Waals surface area (Å²) < 4.78 is 13.1.